The highest BCUT2D eigenvalue weighted by Gasteiger charge is 2.31. The number of aliphatic carboxylic acids is 1. The summed E-state index contributed by atoms with van der Waals surface area (Å²) in [5, 5.41) is 11.8. The topological polar surface area (TPSA) is 141 Å². The van der Waals surface area contributed by atoms with E-state index in [0.29, 0.717) is 5.69 Å². The van der Waals surface area contributed by atoms with E-state index in [2.05, 4.69) is 20.0 Å². The second-order valence-corrected chi connectivity index (χ2v) is 8.55. The van der Waals surface area contributed by atoms with Gasteiger partial charge in [0, 0.05) is 18.3 Å². The minimum atomic E-state index is -3.95. The molecule has 1 aromatic heterocycles. The van der Waals surface area contributed by atoms with Gasteiger partial charge < -0.3 is 15.4 Å². The van der Waals surface area contributed by atoms with E-state index in [0.717, 1.165) is 5.56 Å². The zero-order chi connectivity index (χ0) is 20.9. The number of carboxylic acids is 1. The molecule has 1 aromatic carbocycles. The molecule has 0 fully saturated rings. The second-order valence-electron chi connectivity index (χ2n) is 6.84. The monoisotopic (exact) mass is 408 g/mol. The Balaban J connectivity index is 2.16. The number of H-pyrrole nitrogens is 1. The van der Waals surface area contributed by atoms with Crippen LogP contribution in [0.5, 0.6) is 0 Å². The van der Waals surface area contributed by atoms with Gasteiger partial charge in [-0.05, 0) is 25.0 Å². The Hall–Kier alpha value is -2.72. The Kier molecular flexibility index (Phi) is 6.92. The fourth-order valence-corrected chi connectivity index (χ4v) is 3.87. The first-order valence-electron chi connectivity index (χ1n) is 8.69. The van der Waals surface area contributed by atoms with E-state index in [1.165, 1.54) is 24.7 Å². The predicted octanol–water partition coefficient (Wildman–Crippen LogP) is 0.833. The number of sulfonamides is 1. The lowest BCUT2D eigenvalue weighted by atomic mass is 10.0. The first-order chi connectivity index (χ1) is 13.1. The van der Waals surface area contributed by atoms with Crippen LogP contribution in [0.2, 0.25) is 0 Å². The summed E-state index contributed by atoms with van der Waals surface area (Å²) in [6.07, 6.45) is 2.86. The molecule has 0 saturated carbocycles. The lowest BCUT2D eigenvalue weighted by molar-refractivity contribution is -0.142. The van der Waals surface area contributed by atoms with Crippen molar-refractivity contribution in [3.05, 3.63) is 48.0 Å². The highest BCUT2D eigenvalue weighted by molar-refractivity contribution is 7.89. The van der Waals surface area contributed by atoms with Crippen molar-refractivity contribution in [2.45, 2.75) is 44.2 Å². The second kappa shape index (κ2) is 8.98. The Bertz CT molecular complexity index is 908. The number of aromatic nitrogens is 2. The van der Waals surface area contributed by atoms with Gasteiger partial charge in [-0.1, -0.05) is 31.5 Å². The van der Waals surface area contributed by atoms with E-state index in [4.69, 9.17) is 0 Å². The molecule has 1 amide bonds. The number of amides is 1. The van der Waals surface area contributed by atoms with Crippen LogP contribution in [0.4, 0.5) is 0 Å². The zero-order valence-electron chi connectivity index (χ0n) is 15.8. The number of aryl methyl sites for hydroxylation is 1. The van der Waals surface area contributed by atoms with Crippen molar-refractivity contribution in [2.75, 3.05) is 0 Å². The molecule has 2 rings (SSSR count). The van der Waals surface area contributed by atoms with Crippen LogP contribution in [0.25, 0.3) is 0 Å². The summed E-state index contributed by atoms with van der Waals surface area (Å²) < 4.78 is 27.6. The summed E-state index contributed by atoms with van der Waals surface area (Å²) in [6.45, 7) is 5.18. The van der Waals surface area contributed by atoms with Gasteiger partial charge in [0.15, 0.2) is 0 Å². The van der Waals surface area contributed by atoms with Gasteiger partial charge in [-0.3, -0.25) is 4.79 Å². The molecule has 2 aromatic rings. The third kappa shape index (κ3) is 5.64. The standard InChI is InChI=1S/C18H24N4O5S/c1-11(2)16(22-28(26,27)14-6-4-12(3)5-7-14)17(23)21-15(18(24)25)8-13-9-19-10-20-13/h4-7,9-11,15-16,22H,8H2,1-3H3,(H,19,20)(H,21,23)(H,24,25)/t15-,16-/m0/s1. The average Bonchev–Trinajstić information content (AvgIpc) is 3.12. The molecular weight excluding hydrogens is 384 g/mol. The van der Waals surface area contributed by atoms with Crippen LogP contribution < -0.4 is 10.0 Å². The van der Waals surface area contributed by atoms with Crippen LogP contribution in [0.3, 0.4) is 0 Å². The largest absolute Gasteiger partial charge is 0.480 e. The smallest absolute Gasteiger partial charge is 0.326 e. The third-order valence-electron chi connectivity index (χ3n) is 4.16. The number of carbonyl (C=O) groups is 2. The number of aromatic amines is 1. The van der Waals surface area contributed by atoms with Gasteiger partial charge in [0.2, 0.25) is 15.9 Å². The third-order valence-corrected chi connectivity index (χ3v) is 5.61. The lowest BCUT2D eigenvalue weighted by Gasteiger charge is -2.24. The van der Waals surface area contributed by atoms with E-state index in [-0.39, 0.29) is 11.3 Å². The molecule has 0 bridgehead atoms. The number of rotatable bonds is 9. The molecule has 0 aliphatic heterocycles. The summed E-state index contributed by atoms with van der Waals surface area (Å²) >= 11 is 0. The molecule has 9 nitrogen and oxygen atoms in total. The molecular formula is C18H24N4O5S. The SMILES string of the molecule is Cc1ccc(S(=O)(=O)N[C@H](C(=O)N[C@@H](Cc2cnc[nH]2)C(=O)O)C(C)C)cc1. The van der Waals surface area contributed by atoms with Gasteiger partial charge in [0.05, 0.1) is 11.2 Å². The summed E-state index contributed by atoms with van der Waals surface area (Å²) in [5.41, 5.74) is 1.44. The summed E-state index contributed by atoms with van der Waals surface area (Å²) in [4.78, 5) is 30.8. The number of imidazole rings is 1. The van der Waals surface area contributed by atoms with Crippen molar-refractivity contribution in [2.24, 2.45) is 5.92 Å². The van der Waals surface area contributed by atoms with Crippen molar-refractivity contribution in [1.29, 1.82) is 0 Å². The first kappa shape index (κ1) is 21.6. The van der Waals surface area contributed by atoms with Crippen LogP contribution in [0, 0.1) is 12.8 Å². The number of nitrogens with one attached hydrogen (secondary N) is 3. The molecule has 4 N–H and O–H groups in total. The van der Waals surface area contributed by atoms with Crippen LogP contribution >= 0.6 is 0 Å². The van der Waals surface area contributed by atoms with E-state index >= 15 is 0 Å². The summed E-state index contributed by atoms with van der Waals surface area (Å²) in [7, 11) is -3.95. The maximum Gasteiger partial charge on any atom is 0.326 e. The molecule has 0 aliphatic rings. The Morgan fingerprint density at radius 1 is 1.21 bits per heavy atom. The molecule has 2 atom stereocenters. The van der Waals surface area contributed by atoms with Gasteiger partial charge in [-0.2, -0.15) is 4.72 Å². The van der Waals surface area contributed by atoms with Gasteiger partial charge in [-0.25, -0.2) is 18.2 Å². The minimum Gasteiger partial charge on any atom is -0.480 e. The Labute approximate surface area is 163 Å². The number of carboxylic acid groups (broad SMARTS) is 1. The number of nitrogens with zero attached hydrogens (tertiary/aromatic N) is 1. The molecule has 0 radical (unpaired) electrons. The van der Waals surface area contributed by atoms with Gasteiger partial charge in [-0.15, -0.1) is 0 Å². The van der Waals surface area contributed by atoms with Crippen LogP contribution in [0.1, 0.15) is 25.1 Å². The Morgan fingerprint density at radius 2 is 1.86 bits per heavy atom. The van der Waals surface area contributed by atoms with Crippen molar-refractivity contribution in [3.8, 4) is 0 Å². The van der Waals surface area contributed by atoms with Crippen molar-refractivity contribution in [3.63, 3.8) is 0 Å². The molecule has 28 heavy (non-hydrogen) atoms. The molecule has 0 spiro atoms. The van der Waals surface area contributed by atoms with Crippen LogP contribution in [0.15, 0.2) is 41.7 Å². The van der Waals surface area contributed by atoms with Gasteiger partial charge >= 0.3 is 5.97 Å². The molecule has 0 aliphatic carbocycles. The molecule has 152 valence electrons. The lowest BCUT2D eigenvalue weighted by Crippen LogP contribution is -2.54. The average molecular weight is 408 g/mol. The normalized spacial score (nSPS) is 13.9. The fraction of sp³-hybridized carbons (Fsp3) is 0.389. The maximum atomic E-state index is 12.7. The highest BCUT2D eigenvalue weighted by Crippen LogP contribution is 2.13. The van der Waals surface area contributed by atoms with E-state index in [9.17, 15) is 23.1 Å². The van der Waals surface area contributed by atoms with E-state index in [1.54, 1.807) is 26.0 Å². The van der Waals surface area contributed by atoms with Gasteiger partial charge in [0.1, 0.15) is 12.1 Å². The van der Waals surface area contributed by atoms with Crippen molar-refractivity contribution < 1.29 is 23.1 Å². The number of carbonyl (C=O) groups excluding carboxylic acids is 1. The number of hydrogen-bond donors (Lipinski definition) is 4. The van der Waals surface area contributed by atoms with Crippen LogP contribution in [-0.4, -0.2) is 47.5 Å². The van der Waals surface area contributed by atoms with Gasteiger partial charge in [0.25, 0.3) is 0 Å². The highest BCUT2D eigenvalue weighted by atomic mass is 32.2. The first-order valence-corrected chi connectivity index (χ1v) is 10.2. The quantitative estimate of drug-likeness (QED) is 0.484. The van der Waals surface area contributed by atoms with E-state index in [1.807, 2.05) is 6.92 Å². The molecule has 0 unspecified atom stereocenters. The Morgan fingerprint density at radius 3 is 2.36 bits per heavy atom. The van der Waals surface area contributed by atoms with Crippen molar-refractivity contribution in [1.82, 2.24) is 20.0 Å². The summed E-state index contributed by atoms with van der Waals surface area (Å²) in [5.74, 6) is -2.34. The number of benzene rings is 1. The molecule has 10 heteroatoms. The maximum absolute atomic E-state index is 12.7. The zero-order valence-corrected chi connectivity index (χ0v) is 16.7. The van der Waals surface area contributed by atoms with E-state index < -0.39 is 39.9 Å². The van der Waals surface area contributed by atoms with Crippen LogP contribution in [-0.2, 0) is 26.0 Å². The predicted molar refractivity (Wildman–Crippen MR) is 102 cm³/mol. The van der Waals surface area contributed by atoms with Crippen molar-refractivity contribution >= 4 is 21.9 Å². The fourth-order valence-electron chi connectivity index (χ4n) is 2.52. The minimum absolute atomic E-state index is 0.00337. The summed E-state index contributed by atoms with van der Waals surface area (Å²) in [6, 6.07) is 3.86. The molecule has 0 saturated heterocycles. The number of hydrogen-bond acceptors (Lipinski definition) is 5. The molecule has 1 heterocycles.